The fourth-order valence-corrected chi connectivity index (χ4v) is 1.99. The summed E-state index contributed by atoms with van der Waals surface area (Å²) in [5.74, 6) is -0.794. The van der Waals surface area contributed by atoms with Crippen LogP contribution in [0.2, 0.25) is 0 Å². The molecule has 104 valence electrons. The Balaban J connectivity index is 2.15. The van der Waals surface area contributed by atoms with E-state index in [1.807, 2.05) is 19.1 Å². The first-order chi connectivity index (χ1) is 9.47. The smallest absolute Gasteiger partial charge is 0.231 e. The molecule has 1 amide bonds. The van der Waals surface area contributed by atoms with Crippen LogP contribution in [0.3, 0.4) is 0 Å². The molecule has 3 N–H and O–H groups in total. The lowest BCUT2D eigenvalue weighted by Crippen LogP contribution is -2.19. The van der Waals surface area contributed by atoms with Gasteiger partial charge in [0.15, 0.2) is 0 Å². The topological polar surface area (TPSA) is 55.1 Å². The fraction of sp³-hybridized carbons (Fsp3) is 0.188. The maximum atomic E-state index is 13.0. The second-order valence-electron chi connectivity index (χ2n) is 4.84. The zero-order chi connectivity index (χ0) is 14.7. The monoisotopic (exact) mass is 272 g/mol. The Bertz CT molecular complexity index is 640. The van der Waals surface area contributed by atoms with E-state index in [4.69, 9.17) is 5.73 Å². The number of carbonyl (C=O) groups excluding carboxylic acids is 1. The molecule has 0 aliphatic carbocycles. The molecule has 4 heteroatoms. The van der Waals surface area contributed by atoms with Gasteiger partial charge < -0.3 is 11.1 Å². The molecule has 0 aliphatic rings. The molecule has 0 radical (unpaired) electrons. The molecule has 1 atom stereocenters. The zero-order valence-electron chi connectivity index (χ0n) is 11.5. The zero-order valence-corrected chi connectivity index (χ0v) is 11.5. The number of carbonyl (C=O) groups is 1. The maximum Gasteiger partial charge on any atom is 0.231 e. The van der Waals surface area contributed by atoms with Crippen LogP contribution in [0.4, 0.5) is 15.8 Å². The number of aryl methyl sites for hydroxylation is 1. The molecular weight excluding hydrogens is 255 g/mol. The van der Waals surface area contributed by atoms with Gasteiger partial charge in [-0.2, -0.15) is 0 Å². The van der Waals surface area contributed by atoms with Gasteiger partial charge in [-0.25, -0.2) is 4.39 Å². The Morgan fingerprint density at radius 3 is 2.65 bits per heavy atom. The maximum absolute atomic E-state index is 13.0. The summed E-state index contributed by atoms with van der Waals surface area (Å²) in [6.45, 7) is 3.56. The Kier molecular flexibility index (Phi) is 4.03. The molecule has 0 bridgehead atoms. The van der Waals surface area contributed by atoms with Crippen LogP contribution < -0.4 is 11.1 Å². The van der Waals surface area contributed by atoms with Crippen molar-refractivity contribution in [1.29, 1.82) is 0 Å². The summed E-state index contributed by atoms with van der Waals surface area (Å²) in [5, 5.41) is 2.81. The van der Waals surface area contributed by atoms with E-state index in [0.29, 0.717) is 16.9 Å². The number of benzene rings is 2. The lowest BCUT2D eigenvalue weighted by Gasteiger charge is -2.14. The molecule has 0 spiro atoms. The summed E-state index contributed by atoms with van der Waals surface area (Å²) in [4.78, 5) is 12.2. The molecule has 2 rings (SSSR count). The van der Waals surface area contributed by atoms with Crippen molar-refractivity contribution >= 4 is 17.3 Å². The number of nitrogens with one attached hydrogen (secondary N) is 1. The van der Waals surface area contributed by atoms with E-state index in [1.165, 1.54) is 12.1 Å². The average molecular weight is 272 g/mol. The van der Waals surface area contributed by atoms with Crippen molar-refractivity contribution < 1.29 is 9.18 Å². The fourth-order valence-electron chi connectivity index (χ4n) is 1.99. The van der Waals surface area contributed by atoms with Gasteiger partial charge in [-0.05, 0) is 55.3 Å². The Morgan fingerprint density at radius 1 is 1.25 bits per heavy atom. The molecule has 0 saturated carbocycles. The average Bonchev–Trinajstić information content (AvgIpc) is 2.41. The molecule has 0 aromatic heterocycles. The minimum atomic E-state index is -0.331. The van der Waals surface area contributed by atoms with Crippen molar-refractivity contribution in [3.8, 4) is 0 Å². The van der Waals surface area contributed by atoms with Crippen molar-refractivity contribution in [3.63, 3.8) is 0 Å². The van der Waals surface area contributed by atoms with Crippen molar-refractivity contribution in [2.75, 3.05) is 11.1 Å². The van der Waals surface area contributed by atoms with Gasteiger partial charge in [0.05, 0.1) is 5.92 Å². The molecule has 2 aromatic rings. The van der Waals surface area contributed by atoms with Gasteiger partial charge in [0.25, 0.3) is 0 Å². The first-order valence-electron chi connectivity index (χ1n) is 6.40. The van der Waals surface area contributed by atoms with Gasteiger partial charge in [-0.15, -0.1) is 0 Å². The first-order valence-corrected chi connectivity index (χ1v) is 6.40. The van der Waals surface area contributed by atoms with E-state index in [0.717, 1.165) is 5.56 Å². The van der Waals surface area contributed by atoms with E-state index < -0.39 is 0 Å². The van der Waals surface area contributed by atoms with E-state index in [1.54, 1.807) is 25.1 Å². The number of anilines is 2. The van der Waals surface area contributed by atoms with Crippen molar-refractivity contribution in [1.82, 2.24) is 0 Å². The third-order valence-electron chi connectivity index (χ3n) is 3.25. The Labute approximate surface area is 117 Å². The summed E-state index contributed by atoms with van der Waals surface area (Å²) < 4.78 is 13.0. The Morgan fingerprint density at radius 2 is 2.00 bits per heavy atom. The highest BCUT2D eigenvalue weighted by atomic mass is 19.1. The summed E-state index contributed by atoms with van der Waals surface area (Å²) >= 11 is 0. The predicted molar refractivity (Wildman–Crippen MR) is 79.0 cm³/mol. The second-order valence-corrected chi connectivity index (χ2v) is 4.84. The Hall–Kier alpha value is -2.36. The molecule has 0 heterocycles. The van der Waals surface area contributed by atoms with Crippen LogP contribution in [0.15, 0.2) is 42.5 Å². The molecule has 20 heavy (non-hydrogen) atoms. The van der Waals surface area contributed by atoms with Gasteiger partial charge in [-0.3, -0.25) is 4.79 Å². The largest absolute Gasteiger partial charge is 0.399 e. The highest BCUT2D eigenvalue weighted by molar-refractivity contribution is 5.96. The van der Waals surface area contributed by atoms with Crippen molar-refractivity contribution in [2.24, 2.45) is 0 Å². The van der Waals surface area contributed by atoms with Gasteiger partial charge >= 0.3 is 0 Å². The third-order valence-corrected chi connectivity index (χ3v) is 3.25. The van der Waals surface area contributed by atoms with Gasteiger partial charge in [0, 0.05) is 11.4 Å². The molecule has 2 aromatic carbocycles. The van der Waals surface area contributed by atoms with Crippen LogP contribution in [0, 0.1) is 12.7 Å². The molecule has 0 aliphatic heterocycles. The SMILES string of the molecule is Cc1cc(F)ccc1NC(=O)C(C)c1cccc(N)c1. The number of nitrogens with two attached hydrogens (primary N) is 1. The minimum absolute atomic E-state index is 0.148. The normalized spacial score (nSPS) is 11.9. The van der Waals surface area contributed by atoms with Crippen LogP contribution in [0.5, 0.6) is 0 Å². The highest BCUT2D eigenvalue weighted by Crippen LogP contribution is 2.21. The van der Waals surface area contributed by atoms with E-state index >= 15 is 0 Å². The van der Waals surface area contributed by atoms with Crippen LogP contribution >= 0.6 is 0 Å². The number of amides is 1. The van der Waals surface area contributed by atoms with Gasteiger partial charge in [-0.1, -0.05) is 12.1 Å². The molecular formula is C16H17FN2O. The lowest BCUT2D eigenvalue weighted by atomic mass is 9.99. The third kappa shape index (κ3) is 3.15. The number of hydrogen-bond acceptors (Lipinski definition) is 2. The van der Waals surface area contributed by atoms with Gasteiger partial charge in [0.2, 0.25) is 5.91 Å². The standard InChI is InChI=1S/C16H17FN2O/c1-10-8-13(17)6-7-15(10)19-16(20)11(2)12-4-3-5-14(18)9-12/h3-9,11H,18H2,1-2H3,(H,19,20). The second kappa shape index (κ2) is 5.74. The van der Waals surface area contributed by atoms with E-state index in [9.17, 15) is 9.18 Å². The molecule has 0 fully saturated rings. The quantitative estimate of drug-likeness (QED) is 0.841. The predicted octanol–water partition coefficient (Wildman–Crippen LogP) is 3.46. The summed E-state index contributed by atoms with van der Waals surface area (Å²) in [7, 11) is 0. The van der Waals surface area contributed by atoms with E-state index in [-0.39, 0.29) is 17.6 Å². The molecule has 0 saturated heterocycles. The number of halogens is 1. The van der Waals surface area contributed by atoms with Crippen LogP contribution in [-0.4, -0.2) is 5.91 Å². The summed E-state index contributed by atoms with van der Waals surface area (Å²) in [5.41, 5.74) is 8.50. The number of nitrogen functional groups attached to an aromatic ring is 1. The molecule has 1 unspecified atom stereocenters. The number of rotatable bonds is 3. The number of hydrogen-bond donors (Lipinski definition) is 2. The summed E-state index contributed by atoms with van der Waals surface area (Å²) in [6, 6.07) is 11.5. The van der Waals surface area contributed by atoms with Gasteiger partial charge in [0.1, 0.15) is 5.82 Å². The van der Waals surface area contributed by atoms with Crippen LogP contribution in [0.1, 0.15) is 24.0 Å². The molecule has 3 nitrogen and oxygen atoms in total. The summed E-state index contributed by atoms with van der Waals surface area (Å²) in [6.07, 6.45) is 0. The lowest BCUT2D eigenvalue weighted by molar-refractivity contribution is -0.117. The van der Waals surface area contributed by atoms with E-state index in [2.05, 4.69) is 5.32 Å². The first kappa shape index (κ1) is 14.1. The van der Waals surface area contributed by atoms with Crippen LogP contribution in [0.25, 0.3) is 0 Å². The van der Waals surface area contributed by atoms with Crippen molar-refractivity contribution in [2.45, 2.75) is 19.8 Å². The minimum Gasteiger partial charge on any atom is -0.399 e. The van der Waals surface area contributed by atoms with Crippen LogP contribution in [-0.2, 0) is 4.79 Å². The van der Waals surface area contributed by atoms with Crippen molar-refractivity contribution in [3.05, 3.63) is 59.4 Å². The highest BCUT2D eigenvalue weighted by Gasteiger charge is 2.16.